The summed E-state index contributed by atoms with van der Waals surface area (Å²) in [5.41, 5.74) is -0.238. The molecule has 6 heteroatoms. The van der Waals surface area contributed by atoms with Crippen LogP contribution in [-0.2, 0) is 0 Å². The molecule has 1 aliphatic rings. The summed E-state index contributed by atoms with van der Waals surface area (Å²) in [6.07, 6.45) is -4.14. The van der Waals surface area contributed by atoms with Crippen molar-refractivity contribution in [1.82, 2.24) is 15.1 Å². The van der Waals surface area contributed by atoms with Crippen molar-refractivity contribution in [3.63, 3.8) is 0 Å². The Morgan fingerprint density at radius 2 is 1.63 bits per heavy atom. The van der Waals surface area contributed by atoms with Crippen molar-refractivity contribution < 1.29 is 13.2 Å². The zero-order chi connectivity index (χ0) is 14.7. The second-order valence-corrected chi connectivity index (χ2v) is 6.16. The van der Waals surface area contributed by atoms with Gasteiger partial charge >= 0.3 is 6.18 Å². The molecule has 0 aromatic heterocycles. The molecule has 19 heavy (non-hydrogen) atoms. The van der Waals surface area contributed by atoms with E-state index in [-0.39, 0.29) is 11.6 Å². The maximum Gasteiger partial charge on any atom is 0.401 e. The Hall–Kier alpha value is -0.330. The Balaban J connectivity index is 2.65. The normalized spacial score (nSPS) is 19.4. The van der Waals surface area contributed by atoms with Crippen LogP contribution in [-0.4, -0.2) is 66.8 Å². The van der Waals surface area contributed by atoms with Gasteiger partial charge in [0.15, 0.2) is 0 Å². The van der Waals surface area contributed by atoms with Gasteiger partial charge in [-0.3, -0.25) is 9.80 Å². The van der Waals surface area contributed by atoms with Crippen molar-refractivity contribution in [3.8, 4) is 0 Å². The molecule has 1 rings (SSSR count). The molecule has 0 amide bonds. The number of nitrogens with zero attached hydrogens (tertiary/aromatic N) is 2. The first-order valence-electron chi connectivity index (χ1n) is 6.88. The minimum absolute atomic E-state index is 0.108. The van der Waals surface area contributed by atoms with Crippen LogP contribution < -0.4 is 5.32 Å². The lowest BCUT2D eigenvalue weighted by Gasteiger charge is -2.45. The van der Waals surface area contributed by atoms with E-state index in [2.05, 4.69) is 10.2 Å². The number of hydrogen-bond acceptors (Lipinski definition) is 3. The van der Waals surface area contributed by atoms with E-state index < -0.39 is 12.7 Å². The van der Waals surface area contributed by atoms with Crippen LogP contribution in [0.3, 0.4) is 0 Å². The minimum atomic E-state index is -4.14. The molecular weight excluding hydrogens is 255 g/mol. The van der Waals surface area contributed by atoms with E-state index in [1.54, 1.807) is 0 Å². The second-order valence-electron chi connectivity index (χ2n) is 6.16. The van der Waals surface area contributed by atoms with Crippen LogP contribution >= 0.6 is 0 Å². The smallest absolute Gasteiger partial charge is 0.314 e. The van der Waals surface area contributed by atoms with Crippen molar-refractivity contribution in [2.24, 2.45) is 0 Å². The summed E-state index contributed by atoms with van der Waals surface area (Å²) in [7, 11) is 0. The van der Waals surface area contributed by atoms with Crippen molar-refractivity contribution in [2.75, 3.05) is 39.3 Å². The van der Waals surface area contributed by atoms with Gasteiger partial charge < -0.3 is 5.32 Å². The summed E-state index contributed by atoms with van der Waals surface area (Å²) in [5.74, 6) is 0. The van der Waals surface area contributed by atoms with E-state index in [4.69, 9.17) is 0 Å². The molecule has 1 fully saturated rings. The Morgan fingerprint density at radius 1 is 1.11 bits per heavy atom. The summed E-state index contributed by atoms with van der Waals surface area (Å²) < 4.78 is 37.9. The average molecular weight is 281 g/mol. The van der Waals surface area contributed by atoms with Gasteiger partial charge in [-0.25, -0.2) is 0 Å². The van der Waals surface area contributed by atoms with Crippen LogP contribution in [0.2, 0.25) is 0 Å². The van der Waals surface area contributed by atoms with Crippen molar-refractivity contribution in [1.29, 1.82) is 0 Å². The van der Waals surface area contributed by atoms with Crippen LogP contribution in [0.4, 0.5) is 13.2 Å². The lowest BCUT2D eigenvalue weighted by Crippen LogP contribution is -2.59. The molecule has 0 aliphatic carbocycles. The van der Waals surface area contributed by atoms with Crippen LogP contribution in [0, 0.1) is 0 Å². The Labute approximate surface area is 114 Å². The third-order valence-corrected chi connectivity index (χ3v) is 3.68. The van der Waals surface area contributed by atoms with Gasteiger partial charge in [0, 0.05) is 44.3 Å². The quantitative estimate of drug-likeness (QED) is 0.831. The van der Waals surface area contributed by atoms with Gasteiger partial charge in [0.25, 0.3) is 0 Å². The third kappa shape index (κ3) is 5.67. The van der Waals surface area contributed by atoms with Gasteiger partial charge in [-0.05, 0) is 27.7 Å². The largest absolute Gasteiger partial charge is 0.401 e. The molecule has 1 saturated heterocycles. The van der Waals surface area contributed by atoms with Crippen molar-refractivity contribution in [2.45, 2.75) is 45.5 Å². The van der Waals surface area contributed by atoms with Crippen LogP contribution in [0.15, 0.2) is 0 Å². The van der Waals surface area contributed by atoms with E-state index in [1.165, 1.54) is 4.90 Å². The first kappa shape index (κ1) is 16.7. The number of halogens is 3. The summed E-state index contributed by atoms with van der Waals surface area (Å²) in [6, 6.07) is -0.108. The highest BCUT2D eigenvalue weighted by molar-refractivity contribution is 4.89. The fourth-order valence-electron chi connectivity index (χ4n) is 2.52. The summed E-state index contributed by atoms with van der Waals surface area (Å²) in [4.78, 5) is 3.79. The predicted octanol–water partition coefficient (Wildman–Crippen LogP) is 1.94. The molecule has 114 valence electrons. The number of hydrogen-bond donors (Lipinski definition) is 1. The van der Waals surface area contributed by atoms with Crippen LogP contribution in [0.1, 0.15) is 27.7 Å². The lowest BCUT2D eigenvalue weighted by atomic mass is 10.00. The first-order chi connectivity index (χ1) is 8.62. The number of piperazine rings is 1. The molecule has 3 nitrogen and oxygen atoms in total. The maximum atomic E-state index is 12.6. The number of rotatable bonds is 5. The van der Waals surface area contributed by atoms with Gasteiger partial charge in [0.2, 0.25) is 0 Å². The standard InChI is InChI=1S/C13H26F3N3/c1-11(2)18(10-13(14,15)16)9-12(3,4)19-7-5-17-6-8-19/h11,17H,5-10H2,1-4H3. The fourth-order valence-corrected chi connectivity index (χ4v) is 2.52. The van der Waals surface area contributed by atoms with Gasteiger partial charge in [0.1, 0.15) is 0 Å². The molecule has 0 aromatic carbocycles. The first-order valence-corrected chi connectivity index (χ1v) is 6.88. The van der Waals surface area contributed by atoms with E-state index in [0.29, 0.717) is 6.54 Å². The molecular formula is C13H26F3N3. The summed E-state index contributed by atoms with van der Waals surface area (Å²) >= 11 is 0. The third-order valence-electron chi connectivity index (χ3n) is 3.68. The van der Waals surface area contributed by atoms with E-state index in [1.807, 2.05) is 27.7 Å². The van der Waals surface area contributed by atoms with Crippen molar-refractivity contribution >= 4 is 0 Å². The molecule has 0 radical (unpaired) electrons. The highest BCUT2D eigenvalue weighted by atomic mass is 19.4. The predicted molar refractivity (Wildman–Crippen MR) is 71.3 cm³/mol. The molecule has 0 unspecified atom stereocenters. The Bertz CT molecular complexity index is 271. The Kier molecular flexibility index (Phi) is 5.65. The zero-order valence-electron chi connectivity index (χ0n) is 12.3. The van der Waals surface area contributed by atoms with Crippen LogP contribution in [0.25, 0.3) is 0 Å². The van der Waals surface area contributed by atoms with Gasteiger partial charge in [-0.15, -0.1) is 0 Å². The fraction of sp³-hybridized carbons (Fsp3) is 1.00. The summed E-state index contributed by atoms with van der Waals surface area (Å²) in [6.45, 7) is 10.9. The Morgan fingerprint density at radius 3 is 2.05 bits per heavy atom. The topological polar surface area (TPSA) is 18.5 Å². The van der Waals surface area contributed by atoms with Crippen molar-refractivity contribution in [3.05, 3.63) is 0 Å². The van der Waals surface area contributed by atoms with Crippen LogP contribution in [0.5, 0.6) is 0 Å². The van der Waals surface area contributed by atoms with Gasteiger partial charge in [-0.1, -0.05) is 0 Å². The highest BCUT2D eigenvalue weighted by Gasteiger charge is 2.36. The number of nitrogens with one attached hydrogen (secondary N) is 1. The van der Waals surface area contributed by atoms with E-state index >= 15 is 0 Å². The molecule has 0 atom stereocenters. The number of alkyl halides is 3. The van der Waals surface area contributed by atoms with E-state index in [9.17, 15) is 13.2 Å². The monoisotopic (exact) mass is 281 g/mol. The average Bonchev–Trinajstić information content (AvgIpc) is 2.27. The molecule has 0 spiro atoms. The van der Waals surface area contributed by atoms with E-state index in [0.717, 1.165) is 26.2 Å². The molecule has 1 aliphatic heterocycles. The maximum absolute atomic E-state index is 12.6. The minimum Gasteiger partial charge on any atom is -0.314 e. The molecule has 1 heterocycles. The summed E-state index contributed by atoms with van der Waals surface area (Å²) in [5, 5.41) is 3.27. The molecule has 0 saturated carbocycles. The lowest BCUT2D eigenvalue weighted by molar-refractivity contribution is -0.153. The van der Waals surface area contributed by atoms with Gasteiger partial charge in [-0.2, -0.15) is 13.2 Å². The second kappa shape index (κ2) is 6.41. The zero-order valence-corrected chi connectivity index (χ0v) is 12.3. The SMILES string of the molecule is CC(C)N(CC(F)(F)F)CC(C)(C)N1CCNCC1. The van der Waals surface area contributed by atoms with Gasteiger partial charge in [0.05, 0.1) is 6.54 Å². The molecule has 0 bridgehead atoms. The molecule has 0 aromatic rings. The highest BCUT2D eigenvalue weighted by Crippen LogP contribution is 2.23. The molecule has 1 N–H and O–H groups in total.